The largest absolute Gasteiger partial charge is 0.481 e. The Labute approximate surface area is 131 Å². The van der Waals surface area contributed by atoms with Gasteiger partial charge in [0, 0.05) is 12.5 Å². The van der Waals surface area contributed by atoms with Crippen molar-refractivity contribution in [3.8, 4) is 0 Å². The van der Waals surface area contributed by atoms with Gasteiger partial charge in [-0.15, -0.1) is 0 Å². The van der Waals surface area contributed by atoms with Crippen LogP contribution in [-0.2, 0) is 14.8 Å². The lowest BCUT2D eigenvalue weighted by Gasteiger charge is -2.31. The normalized spacial score (nSPS) is 22.4. The lowest BCUT2D eigenvalue weighted by molar-refractivity contribution is -0.137. The molecular weight excluding hydrogens is 302 g/mol. The first-order valence-electron chi connectivity index (χ1n) is 7.69. The molecule has 5 nitrogen and oxygen atoms in total. The molecule has 0 radical (unpaired) electrons. The van der Waals surface area contributed by atoms with E-state index in [1.807, 2.05) is 6.92 Å². The second-order valence-electron chi connectivity index (χ2n) is 6.02. The minimum atomic E-state index is -3.55. The third-order valence-corrected chi connectivity index (χ3v) is 5.78. The summed E-state index contributed by atoms with van der Waals surface area (Å²) in [6.45, 7) is 1.91. The van der Waals surface area contributed by atoms with Crippen LogP contribution in [0.1, 0.15) is 44.1 Å². The molecule has 2 N–H and O–H groups in total. The highest BCUT2D eigenvalue weighted by Crippen LogP contribution is 2.29. The summed E-state index contributed by atoms with van der Waals surface area (Å²) in [5.74, 6) is -0.726. The van der Waals surface area contributed by atoms with E-state index in [4.69, 9.17) is 5.11 Å². The summed E-state index contributed by atoms with van der Waals surface area (Å²) in [7, 11) is -3.55. The Morgan fingerprint density at radius 3 is 2.50 bits per heavy atom. The van der Waals surface area contributed by atoms with Crippen LogP contribution in [0.5, 0.6) is 0 Å². The monoisotopic (exact) mass is 325 g/mol. The van der Waals surface area contributed by atoms with E-state index >= 15 is 0 Å². The SMILES string of the molecule is Cc1ccc(S(=O)(=O)N[C@@H]2CCCC[C@@H]2CCC(=O)O)cc1. The molecule has 0 aliphatic heterocycles. The van der Waals surface area contributed by atoms with Crippen LogP contribution >= 0.6 is 0 Å². The number of aryl methyl sites for hydroxylation is 1. The average Bonchev–Trinajstić information content (AvgIpc) is 2.46. The quantitative estimate of drug-likeness (QED) is 0.842. The molecule has 2 rings (SSSR count). The van der Waals surface area contributed by atoms with E-state index in [1.165, 1.54) is 0 Å². The van der Waals surface area contributed by atoms with Crippen molar-refractivity contribution in [1.82, 2.24) is 4.72 Å². The summed E-state index contributed by atoms with van der Waals surface area (Å²) in [6, 6.07) is 6.59. The first-order chi connectivity index (χ1) is 10.4. The second-order valence-corrected chi connectivity index (χ2v) is 7.73. The zero-order valence-electron chi connectivity index (χ0n) is 12.8. The maximum absolute atomic E-state index is 12.5. The molecule has 0 bridgehead atoms. The van der Waals surface area contributed by atoms with Crippen LogP contribution in [0.4, 0.5) is 0 Å². The number of rotatable bonds is 6. The molecular formula is C16H23NO4S. The van der Waals surface area contributed by atoms with E-state index in [2.05, 4.69) is 4.72 Å². The van der Waals surface area contributed by atoms with Crippen molar-refractivity contribution in [1.29, 1.82) is 0 Å². The molecule has 1 aromatic carbocycles. The van der Waals surface area contributed by atoms with Crippen LogP contribution in [0.15, 0.2) is 29.2 Å². The van der Waals surface area contributed by atoms with Gasteiger partial charge in [-0.1, -0.05) is 30.5 Å². The number of nitrogens with one attached hydrogen (secondary N) is 1. The van der Waals surface area contributed by atoms with Gasteiger partial charge in [0.1, 0.15) is 0 Å². The molecule has 6 heteroatoms. The number of carboxylic acids is 1. The molecule has 0 heterocycles. The molecule has 1 aromatic rings. The third kappa shape index (κ3) is 4.55. The molecule has 0 amide bonds. The Morgan fingerprint density at radius 2 is 1.86 bits per heavy atom. The molecule has 1 aliphatic carbocycles. The third-order valence-electron chi connectivity index (χ3n) is 4.28. The van der Waals surface area contributed by atoms with E-state index in [1.54, 1.807) is 24.3 Å². The van der Waals surface area contributed by atoms with Gasteiger partial charge in [0.15, 0.2) is 0 Å². The average molecular weight is 325 g/mol. The number of aliphatic carboxylic acids is 1. The van der Waals surface area contributed by atoms with Gasteiger partial charge in [0.2, 0.25) is 10.0 Å². The topological polar surface area (TPSA) is 83.5 Å². The van der Waals surface area contributed by atoms with Crippen molar-refractivity contribution < 1.29 is 18.3 Å². The maximum atomic E-state index is 12.5. The van der Waals surface area contributed by atoms with Crippen LogP contribution in [0.25, 0.3) is 0 Å². The van der Waals surface area contributed by atoms with Gasteiger partial charge in [0.05, 0.1) is 4.90 Å². The van der Waals surface area contributed by atoms with Crippen LogP contribution in [0, 0.1) is 12.8 Å². The van der Waals surface area contributed by atoms with Crippen LogP contribution in [-0.4, -0.2) is 25.5 Å². The molecule has 22 heavy (non-hydrogen) atoms. The molecule has 0 saturated heterocycles. The number of sulfonamides is 1. The second kappa shape index (κ2) is 7.24. The van der Waals surface area contributed by atoms with Crippen LogP contribution in [0.2, 0.25) is 0 Å². The molecule has 1 fully saturated rings. The lowest BCUT2D eigenvalue weighted by Crippen LogP contribution is -2.42. The van der Waals surface area contributed by atoms with Crippen molar-refractivity contribution in [2.24, 2.45) is 5.92 Å². The van der Waals surface area contributed by atoms with Crippen molar-refractivity contribution in [3.63, 3.8) is 0 Å². The Bertz CT molecular complexity index is 610. The lowest BCUT2D eigenvalue weighted by atomic mass is 9.82. The van der Waals surface area contributed by atoms with E-state index < -0.39 is 16.0 Å². The Morgan fingerprint density at radius 1 is 1.23 bits per heavy atom. The fourth-order valence-electron chi connectivity index (χ4n) is 3.00. The van der Waals surface area contributed by atoms with Crippen molar-refractivity contribution in [2.45, 2.75) is 56.4 Å². The van der Waals surface area contributed by atoms with Gasteiger partial charge in [-0.05, 0) is 44.2 Å². The standard InChI is InChI=1S/C16H23NO4S/c1-12-6-9-14(10-7-12)22(20,21)17-15-5-3-2-4-13(15)8-11-16(18)19/h6-7,9-10,13,15,17H,2-5,8,11H2,1H3,(H,18,19)/t13-,15-/m1/s1. The Hall–Kier alpha value is -1.40. The van der Waals surface area contributed by atoms with Crippen molar-refractivity contribution >= 4 is 16.0 Å². The smallest absolute Gasteiger partial charge is 0.303 e. The van der Waals surface area contributed by atoms with E-state index in [0.29, 0.717) is 6.42 Å². The molecule has 1 saturated carbocycles. The number of carboxylic acid groups (broad SMARTS) is 1. The number of hydrogen-bond acceptors (Lipinski definition) is 3. The Kier molecular flexibility index (Phi) is 5.58. The zero-order valence-corrected chi connectivity index (χ0v) is 13.6. The zero-order chi connectivity index (χ0) is 16.2. The fraction of sp³-hybridized carbons (Fsp3) is 0.562. The first-order valence-corrected chi connectivity index (χ1v) is 9.17. The van der Waals surface area contributed by atoms with Crippen LogP contribution in [0.3, 0.4) is 0 Å². The molecule has 0 aromatic heterocycles. The molecule has 0 spiro atoms. The summed E-state index contributed by atoms with van der Waals surface area (Å²) < 4.78 is 27.7. The van der Waals surface area contributed by atoms with E-state index in [-0.39, 0.29) is 23.3 Å². The fourth-order valence-corrected chi connectivity index (χ4v) is 4.34. The highest BCUT2D eigenvalue weighted by atomic mass is 32.2. The van der Waals surface area contributed by atoms with Gasteiger partial charge >= 0.3 is 5.97 Å². The summed E-state index contributed by atoms with van der Waals surface area (Å²) in [4.78, 5) is 11.0. The van der Waals surface area contributed by atoms with Gasteiger partial charge in [-0.3, -0.25) is 4.79 Å². The molecule has 2 atom stereocenters. The summed E-state index contributed by atoms with van der Waals surface area (Å²) in [5.41, 5.74) is 1.01. The Balaban J connectivity index is 2.08. The van der Waals surface area contributed by atoms with Crippen LogP contribution < -0.4 is 4.72 Å². The highest BCUT2D eigenvalue weighted by Gasteiger charge is 2.29. The maximum Gasteiger partial charge on any atom is 0.303 e. The number of carbonyl (C=O) groups is 1. The van der Waals surface area contributed by atoms with Crippen molar-refractivity contribution in [3.05, 3.63) is 29.8 Å². The first kappa shape index (κ1) is 17.0. The van der Waals surface area contributed by atoms with Gasteiger partial charge in [-0.25, -0.2) is 13.1 Å². The minimum absolute atomic E-state index is 0.0907. The predicted molar refractivity (Wildman–Crippen MR) is 84.1 cm³/mol. The van der Waals surface area contributed by atoms with Gasteiger partial charge in [0.25, 0.3) is 0 Å². The van der Waals surface area contributed by atoms with E-state index in [0.717, 1.165) is 31.2 Å². The summed E-state index contributed by atoms with van der Waals surface area (Å²) >= 11 is 0. The summed E-state index contributed by atoms with van der Waals surface area (Å²) in [6.07, 6.45) is 4.28. The highest BCUT2D eigenvalue weighted by molar-refractivity contribution is 7.89. The molecule has 122 valence electrons. The number of hydrogen-bond donors (Lipinski definition) is 2. The summed E-state index contributed by atoms with van der Waals surface area (Å²) in [5, 5.41) is 8.83. The van der Waals surface area contributed by atoms with Crippen molar-refractivity contribution in [2.75, 3.05) is 0 Å². The minimum Gasteiger partial charge on any atom is -0.481 e. The predicted octanol–water partition coefficient (Wildman–Crippen LogP) is 2.70. The molecule has 1 aliphatic rings. The number of benzene rings is 1. The van der Waals surface area contributed by atoms with Gasteiger partial charge < -0.3 is 5.11 Å². The van der Waals surface area contributed by atoms with Gasteiger partial charge in [-0.2, -0.15) is 0 Å². The van der Waals surface area contributed by atoms with E-state index in [9.17, 15) is 13.2 Å². The molecule has 0 unspecified atom stereocenters.